The van der Waals surface area contributed by atoms with Crippen LogP contribution in [0.5, 0.6) is 0 Å². The molecule has 0 heterocycles. The molecule has 4 nitrogen and oxygen atoms in total. The number of carbonyl (C=O) groups is 1. The summed E-state index contributed by atoms with van der Waals surface area (Å²) in [5.74, 6) is 1.66. The molecule has 148 valence electrons. The van der Waals surface area contributed by atoms with Gasteiger partial charge in [-0.15, -0.1) is 0 Å². The Morgan fingerprint density at radius 1 is 1.07 bits per heavy atom. The van der Waals surface area contributed by atoms with Gasteiger partial charge in [0.25, 0.3) is 0 Å². The highest BCUT2D eigenvalue weighted by Gasteiger charge is 2.47. The maximum Gasteiger partial charge on any atom is 0.303 e. The van der Waals surface area contributed by atoms with Crippen LogP contribution in [0.25, 0.3) is 0 Å². The number of aliphatic carboxylic acids is 1. The van der Waals surface area contributed by atoms with E-state index < -0.39 is 15.8 Å². The minimum Gasteiger partial charge on any atom is -0.481 e. The van der Waals surface area contributed by atoms with Crippen LogP contribution in [0, 0.1) is 23.7 Å². The lowest BCUT2D eigenvalue weighted by Gasteiger charge is -2.30. The molecule has 2 fully saturated rings. The first kappa shape index (κ1) is 20.1. The van der Waals surface area contributed by atoms with Crippen molar-refractivity contribution in [2.24, 2.45) is 23.7 Å². The molecule has 2 aliphatic carbocycles. The first-order valence-electron chi connectivity index (χ1n) is 10.1. The van der Waals surface area contributed by atoms with Crippen molar-refractivity contribution in [3.63, 3.8) is 0 Å². The molecule has 0 saturated heterocycles. The summed E-state index contributed by atoms with van der Waals surface area (Å²) >= 11 is 0. The minimum atomic E-state index is -3.11. The second kappa shape index (κ2) is 9.05. The topological polar surface area (TPSA) is 71.4 Å². The summed E-state index contributed by atoms with van der Waals surface area (Å²) < 4.78 is 25.6. The Kier molecular flexibility index (Phi) is 6.74. The van der Waals surface area contributed by atoms with Gasteiger partial charge in [-0.1, -0.05) is 42.5 Å². The Morgan fingerprint density at radius 2 is 1.78 bits per heavy atom. The summed E-state index contributed by atoms with van der Waals surface area (Å²) in [6.07, 6.45) is 10.4. The number of carboxylic acids is 1. The Hall–Kier alpha value is -1.62. The van der Waals surface area contributed by atoms with Crippen molar-refractivity contribution < 1.29 is 18.3 Å². The number of rotatable bonds is 10. The van der Waals surface area contributed by atoms with Crippen molar-refractivity contribution in [1.29, 1.82) is 0 Å². The Bertz CT molecular complexity index is 754. The molecular formula is C22H30O4S. The van der Waals surface area contributed by atoms with Gasteiger partial charge in [0, 0.05) is 6.42 Å². The molecule has 5 heteroatoms. The van der Waals surface area contributed by atoms with E-state index in [-0.39, 0.29) is 18.1 Å². The molecule has 1 N–H and O–H groups in total. The van der Waals surface area contributed by atoms with E-state index in [1.165, 1.54) is 19.3 Å². The Labute approximate surface area is 162 Å². The van der Waals surface area contributed by atoms with Crippen LogP contribution in [-0.2, 0) is 20.4 Å². The number of sulfone groups is 1. The van der Waals surface area contributed by atoms with Gasteiger partial charge in [0.2, 0.25) is 0 Å². The van der Waals surface area contributed by atoms with Gasteiger partial charge in [-0.25, -0.2) is 8.42 Å². The van der Waals surface area contributed by atoms with Gasteiger partial charge in [0.1, 0.15) is 0 Å². The van der Waals surface area contributed by atoms with Crippen molar-refractivity contribution >= 4 is 15.8 Å². The maximum atomic E-state index is 12.8. The van der Waals surface area contributed by atoms with E-state index >= 15 is 0 Å². The lowest BCUT2D eigenvalue weighted by Crippen LogP contribution is -2.29. The summed E-state index contributed by atoms with van der Waals surface area (Å²) in [6, 6.07) is 9.46. The van der Waals surface area contributed by atoms with Crippen LogP contribution in [0.2, 0.25) is 0 Å². The van der Waals surface area contributed by atoms with E-state index in [0.29, 0.717) is 29.9 Å². The second-order valence-electron chi connectivity index (χ2n) is 8.19. The summed E-state index contributed by atoms with van der Waals surface area (Å²) in [4.78, 5) is 10.6. The summed E-state index contributed by atoms with van der Waals surface area (Å²) in [6.45, 7) is 0. The van der Waals surface area contributed by atoms with Crippen LogP contribution >= 0.6 is 0 Å². The average molecular weight is 391 g/mol. The first-order valence-corrected chi connectivity index (χ1v) is 11.9. The van der Waals surface area contributed by atoms with E-state index in [4.69, 9.17) is 5.11 Å². The minimum absolute atomic E-state index is 0.138. The normalized spacial score (nSPS) is 27.4. The molecular weight excluding hydrogens is 360 g/mol. The average Bonchev–Trinajstić information content (AvgIpc) is 3.20. The van der Waals surface area contributed by atoms with E-state index in [9.17, 15) is 13.2 Å². The molecule has 0 aromatic heterocycles. The van der Waals surface area contributed by atoms with Gasteiger partial charge in [-0.3, -0.25) is 4.79 Å². The van der Waals surface area contributed by atoms with Crippen LogP contribution in [-0.4, -0.2) is 25.2 Å². The number of allylic oxidation sites excluding steroid dienone is 2. The Morgan fingerprint density at radius 3 is 2.48 bits per heavy atom. The van der Waals surface area contributed by atoms with E-state index in [1.807, 2.05) is 30.3 Å². The highest BCUT2D eigenvalue weighted by molar-refractivity contribution is 7.90. The molecule has 0 unspecified atom stereocenters. The van der Waals surface area contributed by atoms with Crippen LogP contribution in [0.15, 0.2) is 42.5 Å². The molecule has 2 bridgehead atoms. The zero-order valence-corrected chi connectivity index (χ0v) is 16.6. The monoisotopic (exact) mass is 390 g/mol. The molecule has 4 atom stereocenters. The number of carboxylic acid groups (broad SMARTS) is 1. The predicted molar refractivity (Wildman–Crippen MR) is 107 cm³/mol. The van der Waals surface area contributed by atoms with Crippen molar-refractivity contribution in [3.05, 3.63) is 48.0 Å². The van der Waals surface area contributed by atoms with Gasteiger partial charge in [0.05, 0.1) is 11.5 Å². The highest BCUT2D eigenvalue weighted by Crippen LogP contribution is 2.54. The van der Waals surface area contributed by atoms with Crippen molar-refractivity contribution in [2.45, 2.75) is 50.7 Å². The van der Waals surface area contributed by atoms with Crippen molar-refractivity contribution in [3.8, 4) is 0 Å². The quantitative estimate of drug-likeness (QED) is 0.473. The number of fused-ring (bicyclic) bond motifs is 2. The standard InChI is InChI=1S/C22H30O4S/c23-22(24)11-7-2-1-6-10-20-18-12-13-19(14-18)21(20)16-27(25,26)15-17-8-4-3-5-9-17/h1,3-6,8-9,18-21H,2,7,10-16H2,(H,23,24)/b6-1-/t18-,19+,20-,21+/m0/s1. The molecule has 27 heavy (non-hydrogen) atoms. The fourth-order valence-electron chi connectivity index (χ4n) is 5.08. The van der Waals surface area contributed by atoms with Gasteiger partial charge in [0.15, 0.2) is 9.84 Å². The summed E-state index contributed by atoms with van der Waals surface area (Å²) in [5, 5.41) is 8.68. The molecule has 2 aliphatic rings. The lowest BCUT2D eigenvalue weighted by molar-refractivity contribution is -0.137. The van der Waals surface area contributed by atoms with E-state index in [0.717, 1.165) is 18.4 Å². The zero-order chi connectivity index (χ0) is 19.3. The molecule has 0 amide bonds. The largest absolute Gasteiger partial charge is 0.481 e. The summed E-state index contributed by atoms with van der Waals surface area (Å²) in [7, 11) is -3.11. The molecule has 0 aliphatic heterocycles. The predicted octanol–water partition coefficient (Wildman–Crippen LogP) is 4.46. The second-order valence-corrected chi connectivity index (χ2v) is 10.3. The van der Waals surface area contributed by atoms with Crippen LogP contribution < -0.4 is 0 Å². The summed E-state index contributed by atoms with van der Waals surface area (Å²) in [5.41, 5.74) is 0.871. The van der Waals surface area contributed by atoms with Crippen molar-refractivity contribution in [2.75, 3.05) is 5.75 Å². The molecule has 1 aromatic rings. The Balaban J connectivity index is 1.56. The first-order chi connectivity index (χ1) is 12.9. The number of hydrogen-bond donors (Lipinski definition) is 1. The third-order valence-electron chi connectivity index (χ3n) is 6.29. The molecule has 0 radical (unpaired) electrons. The zero-order valence-electron chi connectivity index (χ0n) is 15.8. The van der Waals surface area contributed by atoms with Gasteiger partial charge in [-0.05, 0) is 67.8 Å². The molecule has 0 spiro atoms. The van der Waals surface area contributed by atoms with Crippen LogP contribution in [0.1, 0.15) is 50.5 Å². The van der Waals surface area contributed by atoms with Gasteiger partial charge in [-0.2, -0.15) is 0 Å². The third-order valence-corrected chi connectivity index (χ3v) is 7.95. The fourth-order valence-corrected chi connectivity index (χ4v) is 7.00. The molecule has 1 aromatic carbocycles. The smallest absolute Gasteiger partial charge is 0.303 e. The maximum absolute atomic E-state index is 12.8. The number of unbranched alkanes of at least 4 members (excludes halogenated alkanes) is 1. The van der Waals surface area contributed by atoms with Crippen molar-refractivity contribution in [1.82, 2.24) is 0 Å². The van der Waals surface area contributed by atoms with E-state index in [2.05, 4.69) is 12.2 Å². The SMILES string of the molecule is O=C(O)CCC/C=C\C[C@H]1[C@H]2CC[C@H](C2)[C@H]1CS(=O)(=O)Cc1ccccc1. The molecule has 3 rings (SSSR count). The highest BCUT2D eigenvalue weighted by atomic mass is 32.2. The fraction of sp³-hybridized carbons (Fsp3) is 0.591. The van der Waals surface area contributed by atoms with Gasteiger partial charge >= 0.3 is 5.97 Å². The lowest BCUT2D eigenvalue weighted by atomic mass is 9.78. The van der Waals surface area contributed by atoms with Crippen LogP contribution in [0.3, 0.4) is 0 Å². The van der Waals surface area contributed by atoms with Gasteiger partial charge < -0.3 is 5.11 Å². The third kappa shape index (κ3) is 5.68. The number of benzene rings is 1. The van der Waals surface area contributed by atoms with E-state index in [1.54, 1.807) is 0 Å². The number of hydrogen-bond acceptors (Lipinski definition) is 3. The molecule has 2 saturated carbocycles. The van der Waals surface area contributed by atoms with Crippen LogP contribution in [0.4, 0.5) is 0 Å².